The van der Waals surface area contributed by atoms with Crippen LogP contribution in [0.4, 0.5) is 0 Å². The number of rotatable bonds is 3. The maximum atomic E-state index is 3.65. The average molecular weight is 366 g/mol. The molecule has 0 aliphatic rings. The number of hydrogen-bond donors (Lipinski definition) is 1. The fourth-order valence-corrected chi connectivity index (χ4v) is 4.71. The third-order valence-corrected chi connectivity index (χ3v) is 7.00. The Labute approximate surface area is 140 Å². The molecule has 2 aromatic rings. The average Bonchev–Trinajstić information content (AvgIpc) is 2.78. The summed E-state index contributed by atoms with van der Waals surface area (Å²) < 4.78 is 1.23. The Hall–Kier alpha value is -0.640. The molecule has 1 heterocycles. The summed E-state index contributed by atoms with van der Waals surface area (Å²) in [6.07, 6.45) is 0. The van der Waals surface area contributed by atoms with Crippen molar-refractivity contribution in [3.8, 4) is 0 Å². The van der Waals surface area contributed by atoms with Crippen LogP contribution in [-0.4, -0.2) is 7.05 Å². The normalized spacial score (nSPS) is 12.8. The maximum absolute atomic E-state index is 3.65. The van der Waals surface area contributed by atoms with Gasteiger partial charge in [-0.1, -0.05) is 0 Å². The van der Waals surface area contributed by atoms with E-state index in [2.05, 4.69) is 75.9 Å². The van der Waals surface area contributed by atoms with E-state index >= 15 is 0 Å². The van der Waals surface area contributed by atoms with E-state index in [1.807, 2.05) is 11.3 Å². The third kappa shape index (κ3) is 2.84. The number of thiophene rings is 1. The minimum Gasteiger partial charge on any atom is -0.309 e. The molecule has 1 N–H and O–H groups in total. The van der Waals surface area contributed by atoms with Gasteiger partial charge in [0, 0.05) is 4.88 Å². The second-order valence-electron chi connectivity index (χ2n) is 5.87. The third-order valence-electron chi connectivity index (χ3n) is 4.80. The van der Waals surface area contributed by atoms with Crippen molar-refractivity contribution in [1.29, 1.82) is 0 Å². The van der Waals surface area contributed by atoms with Crippen molar-refractivity contribution in [3.05, 3.63) is 53.7 Å². The van der Waals surface area contributed by atoms with Crippen LogP contribution < -0.4 is 5.32 Å². The van der Waals surface area contributed by atoms with Crippen molar-refractivity contribution < 1.29 is 0 Å². The number of hydrogen-bond acceptors (Lipinski definition) is 2. The maximum Gasteiger partial charge on any atom is 0.0731 e. The largest absolute Gasteiger partial charge is 0.309 e. The van der Waals surface area contributed by atoms with Crippen LogP contribution in [0.5, 0.6) is 0 Å². The van der Waals surface area contributed by atoms with Gasteiger partial charge in [0.05, 0.1) is 9.83 Å². The summed E-state index contributed by atoms with van der Waals surface area (Å²) in [5.41, 5.74) is 9.83. The highest BCUT2D eigenvalue weighted by molar-refractivity contribution is 9.11. The van der Waals surface area contributed by atoms with E-state index < -0.39 is 0 Å². The number of benzene rings is 1. The first-order valence-electron chi connectivity index (χ1n) is 7.29. The Balaban J connectivity index is 2.68. The smallest absolute Gasteiger partial charge is 0.0731 e. The first-order chi connectivity index (χ1) is 9.79. The molecule has 1 aromatic carbocycles. The van der Waals surface area contributed by atoms with Gasteiger partial charge in [-0.2, -0.15) is 0 Å². The molecule has 0 radical (unpaired) electrons. The number of nitrogens with one attached hydrogen (secondary N) is 1. The molecule has 0 bridgehead atoms. The molecule has 3 heteroatoms. The van der Waals surface area contributed by atoms with Crippen molar-refractivity contribution in [1.82, 2.24) is 5.32 Å². The van der Waals surface area contributed by atoms with Crippen LogP contribution >= 0.6 is 27.3 Å². The molecule has 1 aromatic heterocycles. The van der Waals surface area contributed by atoms with Crippen molar-refractivity contribution in [2.75, 3.05) is 7.05 Å². The van der Waals surface area contributed by atoms with Crippen LogP contribution in [0, 0.1) is 41.5 Å². The van der Waals surface area contributed by atoms with E-state index in [-0.39, 0.29) is 6.04 Å². The molecule has 1 nitrogen and oxygen atoms in total. The predicted octanol–water partition coefficient (Wildman–Crippen LogP) is 5.67. The topological polar surface area (TPSA) is 12.0 Å². The molecule has 1 atom stereocenters. The van der Waals surface area contributed by atoms with Gasteiger partial charge in [-0.25, -0.2) is 0 Å². The molecule has 0 aliphatic heterocycles. The van der Waals surface area contributed by atoms with Crippen molar-refractivity contribution in [2.24, 2.45) is 0 Å². The lowest BCUT2D eigenvalue weighted by Gasteiger charge is -2.25. The number of aryl methyl sites for hydroxylation is 1. The van der Waals surface area contributed by atoms with Crippen molar-refractivity contribution in [2.45, 2.75) is 47.6 Å². The van der Waals surface area contributed by atoms with E-state index in [1.54, 1.807) is 0 Å². The zero-order valence-corrected chi connectivity index (χ0v) is 16.3. The molecule has 0 aliphatic carbocycles. The first kappa shape index (κ1) is 16.7. The standard InChI is InChI=1S/C18H24BrNS/c1-9-8-15(21-18(9)19)17(20-7)16-13(5)11(3)10(2)12(4)14(16)6/h8,17,20H,1-7H3. The van der Waals surface area contributed by atoms with Gasteiger partial charge >= 0.3 is 0 Å². The quantitative estimate of drug-likeness (QED) is 0.738. The summed E-state index contributed by atoms with van der Waals surface area (Å²) in [5, 5.41) is 3.52. The summed E-state index contributed by atoms with van der Waals surface area (Å²) in [6, 6.07) is 2.55. The Bertz CT molecular complexity index is 637. The molecular formula is C18H24BrNS. The van der Waals surface area contributed by atoms with Gasteiger partial charge in [0.15, 0.2) is 0 Å². The summed E-state index contributed by atoms with van der Waals surface area (Å²) in [7, 11) is 2.05. The molecule has 2 rings (SSSR count). The Morgan fingerprint density at radius 3 is 1.76 bits per heavy atom. The van der Waals surface area contributed by atoms with Crippen LogP contribution in [0.1, 0.15) is 49.9 Å². The van der Waals surface area contributed by atoms with Gasteiger partial charge in [-0.15, -0.1) is 11.3 Å². The fourth-order valence-electron chi connectivity index (χ4n) is 3.02. The highest BCUT2D eigenvalue weighted by Gasteiger charge is 2.22. The van der Waals surface area contributed by atoms with Crippen LogP contribution in [0.3, 0.4) is 0 Å². The minimum atomic E-state index is 0.262. The second kappa shape index (κ2) is 6.23. The highest BCUT2D eigenvalue weighted by Crippen LogP contribution is 2.38. The van der Waals surface area contributed by atoms with Crippen LogP contribution in [-0.2, 0) is 0 Å². The summed E-state index contributed by atoms with van der Waals surface area (Å²) >= 11 is 5.48. The van der Waals surface area contributed by atoms with Gasteiger partial charge in [-0.3, -0.25) is 0 Å². The van der Waals surface area contributed by atoms with E-state index in [0.29, 0.717) is 0 Å². The zero-order chi connectivity index (χ0) is 15.9. The second-order valence-corrected chi connectivity index (χ2v) is 8.27. The van der Waals surface area contributed by atoms with Gasteiger partial charge in [0.25, 0.3) is 0 Å². The van der Waals surface area contributed by atoms with E-state index in [1.165, 1.54) is 47.6 Å². The Kier molecular flexibility index (Phi) is 4.96. The van der Waals surface area contributed by atoms with E-state index in [9.17, 15) is 0 Å². The molecule has 1 unspecified atom stereocenters. The monoisotopic (exact) mass is 365 g/mol. The van der Waals surface area contributed by atoms with E-state index in [0.717, 1.165) is 0 Å². The molecule has 0 spiro atoms. The summed E-state index contributed by atoms with van der Waals surface area (Å²) in [4.78, 5) is 1.37. The van der Waals surface area contributed by atoms with Crippen molar-refractivity contribution >= 4 is 27.3 Å². The SMILES string of the molecule is CNC(c1cc(C)c(Br)s1)c1c(C)c(C)c(C)c(C)c1C. The molecule has 114 valence electrons. The van der Waals surface area contributed by atoms with E-state index in [4.69, 9.17) is 0 Å². The lowest BCUT2D eigenvalue weighted by Crippen LogP contribution is -2.20. The fraction of sp³-hybridized carbons (Fsp3) is 0.444. The molecular weight excluding hydrogens is 342 g/mol. The highest BCUT2D eigenvalue weighted by atomic mass is 79.9. The minimum absolute atomic E-state index is 0.262. The lowest BCUT2D eigenvalue weighted by atomic mass is 9.86. The molecule has 0 saturated heterocycles. The summed E-state index contributed by atoms with van der Waals surface area (Å²) in [6.45, 7) is 13.4. The molecule has 0 amide bonds. The number of halogens is 1. The van der Waals surface area contributed by atoms with Crippen LogP contribution in [0.2, 0.25) is 0 Å². The molecule has 0 saturated carbocycles. The van der Waals surface area contributed by atoms with Gasteiger partial charge < -0.3 is 5.32 Å². The lowest BCUT2D eigenvalue weighted by molar-refractivity contribution is 0.692. The Morgan fingerprint density at radius 1 is 0.905 bits per heavy atom. The van der Waals surface area contributed by atoms with Gasteiger partial charge in [0.2, 0.25) is 0 Å². The van der Waals surface area contributed by atoms with Gasteiger partial charge in [0.1, 0.15) is 0 Å². The van der Waals surface area contributed by atoms with Crippen molar-refractivity contribution in [3.63, 3.8) is 0 Å². The predicted molar refractivity (Wildman–Crippen MR) is 97.8 cm³/mol. The van der Waals surface area contributed by atoms with Crippen LogP contribution in [0.25, 0.3) is 0 Å². The van der Waals surface area contributed by atoms with Gasteiger partial charge in [-0.05, 0) is 110 Å². The first-order valence-corrected chi connectivity index (χ1v) is 8.90. The molecule has 0 fully saturated rings. The zero-order valence-electron chi connectivity index (χ0n) is 13.9. The van der Waals surface area contributed by atoms with Crippen LogP contribution in [0.15, 0.2) is 9.85 Å². The Morgan fingerprint density at radius 2 is 1.38 bits per heavy atom. The molecule has 21 heavy (non-hydrogen) atoms. The summed E-state index contributed by atoms with van der Waals surface area (Å²) in [5.74, 6) is 0.